The number of thiol groups is 1. The lowest BCUT2D eigenvalue weighted by Gasteiger charge is -2.24. The largest absolute Gasteiger partial charge is 0.480 e. The van der Waals surface area contributed by atoms with Crippen LogP contribution in [0, 0.1) is 5.92 Å². The molecule has 0 aromatic heterocycles. The summed E-state index contributed by atoms with van der Waals surface area (Å²) >= 11 is 3.87. The second-order valence-electron chi connectivity index (χ2n) is 5.47. The zero-order valence-electron chi connectivity index (χ0n) is 12.5. The number of rotatable bonds is 7. The van der Waals surface area contributed by atoms with E-state index >= 15 is 0 Å². The van der Waals surface area contributed by atoms with Gasteiger partial charge >= 0.3 is 5.97 Å². The number of carboxylic acids is 1. The van der Waals surface area contributed by atoms with Crippen molar-refractivity contribution in [1.29, 1.82) is 0 Å². The topological polar surface area (TPSA) is 125 Å². The van der Waals surface area contributed by atoms with E-state index in [1.165, 1.54) is 0 Å². The Balaban J connectivity index is 2.68. The number of carboxylic acid groups (broad SMARTS) is 1. The average Bonchev–Trinajstić information content (AvgIpc) is 2.87. The first-order chi connectivity index (χ1) is 10.3. The number of carbonyl (C=O) groups is 4. The zero-order chi connectivity index (χ0) is 16.9. The molecule has 8 nitrogen and oxygen atoms in total. The smallest absolute Gasteiger partial charge is 0.327 e. The lowest BCUT2D eigenvalue weighted by molar-refractivity contribution is -0.141. The molecule has 4 N–H and O–H groups in total. The molecule has 1 aliphatic heterocycles. The maximum atomic E-state index is 12.2. The number of amides is 3. The second kappa shape index (κ2) is 8.02. The summed E-state index contributed by atoms with van der Waals surface area (Å²) in [5, 5.41) is 16.3. The summed E-state index contributed by atoms with van der Waals surface area (Å²) in [5.41, 5.74) is 0. The molecule has 0 saturated carbocycles. The third kappa shape index (κ3) is 4.90. The minimum atomic E-state index is -1.19. The van der Waals surface area contributed by atoms with E-state index in [1.54, 1.807) is 13.8 Å². The maximum Gasteiger partial charge on any atom is 0.327 e. The van der Waals surface area contributed by atoms with Crippen LogP contribution < -0.4 is 16.0 Å². The second-order valence-corrected chi connectivity index (χ2v) is 5.84. The molecule has 1 rings (SSSR count). The Hall–Kier alpha value is -1.77. The van der Waals surface area contributed by atoms with Gasteiger partial charge < -0.3 is 21.1 Å². The van der Waals surface area contributed by atoms with Crippen molar-refractivity contribution in [2.24, 2.45) is 5.92 Å². The fourth-order valence-corrected chi connectivity index (χ4v) is 2.29. The number of nitrogens with one attached hydrogen (secondary N) is 3. The number of carbonyl (C=O) groups excluding carboxylic acids is 3. The maximum absolute atomic E-state index is 12.2. The molecule has 0 aliphatic carbocycles. The van der Waals surface area contributed by atoms with Crippen molar-refractivity contribution < 1.29 is 24.3 Å². The van der Waals surface area contributed by atoms with E-state index in [9.17, 15) is 19.2 Å². The summed E-state index contributed by atoms with van der Waals surface area (Å²) < 4.78 is 0. The first kappa shape index (κ1) is 18.3. The van der Waals surface area contributed by atoms with Gasteiger partial charge in [0.1, 0.15) is 18.1 Å². The van der Waals surface area contributed by atoms with Gasteiger partial charge in [0, 0.05) is 12.2 Å². The summed E-state index contributed by atoms with van der Waals surface area (Å²) in [6, 6.07) is -2.66. The van der Waals surface area contributed by atoms with E-state index in [0.717, 1.165) is 0 Å². The van der Waals surface area contributed by atoms with Crippen LogP contribution in [0.3, 0.4) is 0 Å². The molecule has 0 bridgehead atoms. The first-order valence-corrected chi connectivity index (χ1v) is 7.63. The SMILES string of the molecule is CC(C)[C@H](NC(=O)[C@@H]1CCC(=O)N1)C(=O)N[C@@H](CS)C(=O)O. The van der Waals surface area contributed by atoms with E-state index in [1.807, 2.05) is 0 Å². The molecule has 3 atom stereocenters. The fourth-order valence-electron chi connectivity index (χ4n) is 2.05. The molecule has 1 heterocycles. The van der Waals surface area contributed by atoms with Gasteiger partial charge in [-0.25, -0.2) is 4.79 Å². The summed E-state index contributed by atoms with van der Waals surface area (Å²) in [5.74, 6) is -2.73. The van der Waals surface area contributed by atoms with Crippen LogP contribution in [0.1, 0.15) is 26.7 Å². The van der Waals surface area contributed by atoms with Crippen LogP contribution in [0.25, 0.3) is 0 Å². The van der Waals surface area contributed by atoms with Crippen molar-refractivity contribution in [2.45, 2.75) is 44.8 Å². The Kier molecular flexibility index (Phi) is 6.66. The van der Waals surface area contributed by atoms with Gasteiger partial charge in [0.2, 0.25) is 17.7 Å². The minimum Gasteiger partial charge on any atom is -0.480 e. The average molecular weight is 331 g/mol. The Bertz CT molecular complexity index is 469. The van der Waals surface area contributed by atoms with E-state index in [4.69, 9.17) is 5.11 Å². The quantitative estimate of drug-likeness (QED) is 0.379. The Morgan fingerprint density at radius 3 is 2.41 bits per heavy atom. The lowest BCUT2D eigenvalue weighted by atomic mass is 10.0. The van der Waals surface area contributed by atoms with Crippen LogP contribution in [-0.4, -0.2) is 52.7 Å². The summed E-state index contributed by atoms with van der Waals surface area (Å²) in [7, 11) is 0. The van der Waals surface area contributed by atoms with Gasteiger partial charge in [-0.05, 0) is 12.3 Å². The minimum absolute atomic E-state index is 0.0570. The number of hydrogen-bond donors (Lipinski definition) is 5. The molecule has 3 amide bonds. The predicted octanol–water partition coefficient (Wildman–Crippen LogP) is -1.09. The van der Waals surface area contributed by atoms with Crippen LogP contribution in [-0.2, 0) is 19.2 Å². The Labute approximate surface area is 133 Å². The molecule has 1 aliphatic rings. The fraction of sp³-hybridized carbons (Fsp3) is 0.692. The van der Waals surface area contributed by atoms with Gasteiger partial charge in [0.25, 0.3) is 0 Å². The normalized spacial score (nSPS) is 20.2. The number of hydrogen-bond acceptors (Lipinski definition) is 5. The van der Waals surface area contributed by atoms with Crippen molar-refractivity contribution in [3.8, 4) is 0 Å². The lowest BCUT2D eigenvalue weighted by Crippen LogP contribution is -2.56. The summed E-state index contributed by atoms with van der Waals surface area (Å²) in [6.07, 6.45) is 0.656. The third-order valence-corrected chi connectivity index (χ3v) is 3.72. The summed E-state index contributed by atoms with van der Waals surface area (Å²) in [4.78, 5) is 46.3. The molecule has 1 fully saturated rings. The van der Waals surface area contributed by atoms with E-state index < -0.39 is 35.9 Å². The van der Waals surface area contributed by atoms with Crippen LogP contribution in [0.15, 0.2) is 0 Å². The van der Waals surface area contributed by atoms with Crippen LogP contribution in [0.5, 0.6) is 0 Å². The molecular formula is C13H21N3O5S. The van der Waals surface area contributed by atoms with Gasteiger partial charge in [0.05, 0.1) is 0 Å². The molecule has 0 radical (unpaired) electrons. The first-order valence-electron chi connectivity index (χ1n) is 7.00. The molecule has 9 heteroatoms. The summed E-state index contributed by atoms with van der Waals surface area (Å²) in [6.45, 7) is 3.46. The molecule has 124 valence electrons. The molecule has 0 aromatic rings. The van der Waals surface area contributed by atoms with Crippen molar-refractivity contribution in [3.63, 3.8) is 0 Å². The predicted molar refractivity (Wildman–Crippen MR) is 81.4 cm³/mol. The molecule has 1 saturated heterocycles. The molecule has 0 spiro atoms. The van der Waals surface area contributed by atoms with Gasteiger partial charge in [-0.1, -0.05) is 13.8 Å². The van der Waals surface area contributed by atoms with Crippen LogP contribution >= 0.6 is 12.6 Å². The number of aliphatic carboxylic acids is 1. The van der Waals surface area contributed by atoms with Gasteiger partial charge in [0.15, 0.2) is 0 Å². The van der Waals surface area contributed by atoms with Crippen molar-refractivity contribution in [1.82, 2.24) is 16.0 Å². The van der Waals surface area contributed by atoms with Gasteiger partial charge in [-0.3, -0.25) is 14.4 Å². The molecule has 22 heavy (non-hydrogen) atoms. The Morgan fingerprint density at radius 2 is 2.00 bits per heavy atom. The van der Waals surface area contributed by atoms with Crippen molar-refractivity contribution in [3.05, 3.63) is 0 Å². The third-order valence-electron chi connectivity index (χ3n) is 3.36. The van der Waals surface area contributed by atoms with E-state index in [0.29, 0.717) is 6.42 Å². The van der Waals surface area contributed by atoms with Crippen molar-refractivity contribution in [2.75, 3.05) is 5.75 Å². The highest BCUT2D eigenvalue weighted by Crippen LogP contribution is 2.09. The highest BCUT2D eigenvalue weighted by atomic mass is 32.1. The van der Waals surface area contributed by atoms with Crippen molar-refractivity contribution >= 4 is 36.3 Å². The molecular weight excluding hydrogens is 310 g/mol. The van der Waals surface area contributed by atoms with Crippen LogP contribution in [0.4, 0.5) is 0 Å². The molecule has 0 aromatic carbocycles. The van der Waals surface area contributed by atoms with E-state index in [-0.39, 0.29) is 24.0 Å². The van der Waals surface area contributed by atoms with Crippen LogP contribution in [0.2, 0.25) is 0 Å². The monoisotopic (exact) mass is 331 g/mol. The zero-order valence-corrected chi connectivity index (χ0v) is 13.4. The molecule has 0 unspecified atom stereocenters. The van der Waals surface area contributed by atoms with Gasteiger partial charge in [-0.2, -0.15) is 12.6 Å². The Morgan fingerprint density at radius 1 is 1.36 bits per heavy atom. The van der Waals surface area contributed by atoms with Gasteiger partial charge in [-0.15, -0.1) is 0 Å². The highest BCUT2D eigenvalue weighted by molar-refractivity contribution is 7.80. The highest BCUT2D eigenvalue weighted by Gasteiger charge is 2.32. The standard InChI is InChI=1S/C13H21N3O5S/c1-6(2)10(12(19)15-8(5-22)13(20)21)16-11(18)7-3-4-9(17)14-7/h6-8,10,22H,3-5H2,1-2H3,(H,14,17)(H,15,19)(H,16,18)(H,20,21)/t7-,8-,10-/m0/s1. The van der Waals surface area contributed by atoms with E-state index in [2.05, 4.69) is 28.6 Å².